The van der Waals surface area contributed by atoms with E-state index in [2.05, 4.69) is 0 Å². The van der Waals surface area contributed by atoms with Crippen LogP contribution in [0.5, 0.6) is 0 Å². The summed E-state index contributed by atoms with van der Waals surface area (Å²) in [5.74, 6) is 0. The summed E-state index contributed by atoms with van der Waals surface area (Å²) in [7, 11) is 0. The molecular weight excluding hydrogens is 151 g/mol. The third-order valence-electron chi connectivity index (χ3n) is 1.07. The fourth-order valence-corrected chi connectivity index (χ4v) is 0.605. The summed E-state index contributed by atoms with van der Waals surface area (Å²) < 4.78 is 12.4. The lowest BCUT2D eigenvalue weighted by Crippen LogP contribution is -2.25. The van der Waals surface area contributed by atoms with Gasteiger partial charge in [0.2, 0.25) is 0 Å². The molecule has 1 aromatic rings. The van der Waals surface area contributed by atoms with E-state index in [0.717, 1.165) is 16.8 Å². The van der Waals surface area contributed by atoms with E-state index >= 15 is 0 Å². The third-order valence-corrected chi connectivity index (χ3v) is 1.07. The lowest BCUT2D eigenvalue weighted by atomic mass is 10.6. The molecule has 58 valence electrons. The number of aromatic amines is 1. The predicted octanol–water partition coefficient (Wildman–Crippen LogP) is -0.0657. The Balaban J connectivity index is 3.31. The largest absolute Gasteiger partial charge is 0.332 e. The number of nitrogens with one attached hydrogen (secondary N) is 1. The van der Waals surface area contributed by atoms with E-state index in [1.54, 1.807) is 0 Å². The molecule has 0 aromatic carbocycles. The van der Waals surface area contributed by atoms with E-state index in [4.69, 9.17) is 0 Å². The van der Waals surface area contributed by atoms with Crippen molar-refractivity contribution in [2.45, 2.75) is 0 Å². The predicted molar refractivity (Wildman–Crippen MR) is 37.8 cm³/mol. The molecule has 0 aliphatic heterocycles. The van der Waals surface area contributed by atoms with Crippen LogP contribution >= 0.6 is 0 Å². The minimum Gasteiger partial charge on any atom is -0.274 e. The van der Waals surface area contributed by atoms with Crippen molar-refractivity contribution in [3.05, 3.63) is 39.4 Å². The van der Waals surface area contributed by atoms with Gasteiger partial charge in [-0.2, -0.15) is 0 Å². The van der Waals surface area contributed by atoms with Gasteiger partial charge in [-0.15, -0.1) is 0 Å². The summed E-state index contributed by atoms with van der Waals surface area (Å²) in [4.78, 5) is 23.1. The van der Waals surface area contributed by atoms with Gasteiger partial charge >= 0.3 is 5.69 Å². The quantitative estimate of drug-likeness (QED) is 0.619. The maximum absolute atomic E-state index is 11.5. The second-order valence-corrected chi connectivity index (χ2v) is 1.79. The smallest absolute Gasteiger partial charge is 0.274 e. The fourth-order valence-electron chi connectivity index (χ4n) is 0.605. The fraction of sp³-hybridized carbons (Fsp3) is 0. The topological polar surface area (TPSA) is 54.9 Å². The summed E-state index contributed by atoms with van der Waals surface area (Å²) in [6.45, 7) is 0. The maximum Gasteiger partial charge on any atom is 0.332 e. The summed E-state index contributed by atoms with van der Waals surface area (Å²) >= 11 is 0. The van der Waals surface area contributed by atoms with Gasteiger partial charge in [-0.25, -0.2) is 9.18 Å². The van der Waals surface area contributed by atoms with Gasteiger partial charge in [0.1, 0.15) is 6.33 Å². The van der Waals surface area contributed by atoms with Gasteiger partial charge in [-0.05, 0) is 0 Å². The van der Waals surface area contributed by atoms with Crippen molar-refractivity contribution in [2.75, 3.05) is 0 Å². The van der Waals surface area contributed by atoms with Crippen LogP contribution in [0.25, 0.3) is 6.20 Å². The highest BCUT2D eigenvalue weighted by molar-refractivity contribution is 5.17. The van der Waals surface area contributed by atoms with Gasteiger partial charge in [0.25, 0.3) is 5.56 Å². The molecule has 0 radical (unpaired) electrons. The van der Waals surface area contributed by atoms with E-state index in [1.807, 2.05) is 4.98 Å². The van der Waals surface area contributed by atoms with Crippen molar-refractivity contribution >= 4 is 6.20 Å². The number of hydrogen-bond acceptors (Lipinski definition) is 2. The van der Waals surface area contributed by atoms with Crippen LogP contribution in [0, 0.1) is 0 Å². The van der Waals surface area contributed by atoms with Gasteiger partial charge in [0.05, 0.1) is 0 Å². The molecule has 1 N–H and O–H groups in total. The summed E-state index contributed by atoms with van der Waals surface area (Å²) in [5.41, 5.74) is -1.16. The molecule has 0 fully saturated rings. The molecule has 0 atom stereocenters. The van der Waals surface area contributed by atoms with Gasteiger partial charge in [-0.1, -0.05) is 0 Å². The van der Waals surface area contributed by atoms with Crippen LogP contribution in [0.15, 0.2) is 28.2 Å². The molecule has 0 amide bonds. The number of halogens is 1. The third kappa shape index (κ3) is 1.64. The monoisotopic (exact) mass is 156 g/mol. The molecule has 1 heterocycles. The first kappa shape index (κ1) is 7.46. The zero-order chi connectivity index (χ0) is 8.27. The lowest BCUT2D eigenvalue weighted by Gasteiger charge is -1.91. The Kier molecular flexibility index (Phi) is 2.00. The maximum atomic E-state index is 11.5. The molecule has 11 heavy (non-hydrogen) atoms. The minimum atomic E-state index is -0.661. The molecule has 1 rings (SSSR count). The van der Waals surface area contributed by atoms with Crippen LogP contribution in [0.4, 0.5) is 4.39 Å². The molecule has 1 aromatic heterocycles. The van der Waals surface area contributed by atoms with Crippen molar-refractivity contribution in [3.8, 4) is 0 Å². The SMILES string of the molecule is O=c1ccn(C=CF)c(=O)[nH]1. The summed E-state index contributed by atoms with van der Waals surface area (Å²) in [5, 5.41) is 0. The molecule has 0 saturated heterocycles. The molecule has 0 saturated carbocycles. The Morgan fingerprint density at radius 3 is 2.82 bits per heavy atom. The number of H-pyrrole nitrogens is 1. The number of nitrogens with zero attached hydrogens (tertiary/aromatic N) is 1. The molecule has 0 spiro atoms. The molecule has 5 heteroatoms. The van der Waals surface area contributed by atoms with Crippen LogP contribution in [0.1, 0.15) is 0 Å². The standard InChI is InChI=1S/C6H5FN2O2/c7-2-4-9-3-1-5(10)8-6(9)11/h1-4H,(H,8,10,11). The van der Waals surface area contributed by atoms with Crippen LogP contribution in [-0.2, 0) is 0 Å². The molecular formula is C6H5FN2O2. The van der Waals surface area contributed by atoms with Gasteiger partial charge in [-0.3, -0.25) is 14.3 Å². The Hall–Kier alpha value is -1.65. The Bertz CT molecular complexity index is 377. The Morgan fingerprint density at radius 2 is 2.27 bits per heavy atom. The molecule has 0 bridgehead atoms. The van der Waals surface area contributed by atoms with Crippen LogP contribution in [0.3, 0.4) is 0 Å². The van der Waals surface area contributed by atoms with Crippen molar-refractivity contribution in [3.63, 3.8) is 0 Å². The molecule has 0 aliphatic rings. The number of hydrogen-bond donors (Lipinski definition) is 1. The average Bonchev–Trinajstić information content (AvgIpc) is 1.95. The molecule has 0 aliphatic carbocycles. The highest BCUT2D eigenvalue weighted by atomic mass is 19.1. The zero-order valence-corrected chi connectivity index (χ0v) is 5.45. The second kappa shape index (κ2) is 2.96. The van der Waals surface area contributed by atoms with Crippen LogP contribution < -0.4 is 11.2 Å². The molecule has 4 nitrogen and oxygen atoms in total. The van der Waals surface area contributed by atoms with E-state index in [0.29, 0.717) is 0 Å². The van der Waals surface area contributed by atoms with E-state index in [9.17, 15) is 14.0 Å². The highest BCUT2D eigenvalue weighted by Crippen LogP contribution is 1.78. The van der Waals surface area contributed by atoms with Gasteiger partial charge in [0, 0.05) is 18.5 Å². The first-order valence-corrected chi connectivity index (χ1v) is 2.82. The highest BCUT2D eigenvalue weighted by Gasteiger charge is 1.89. The Labute approximate surface area is 60.6 Å². The number of rotatable bonds is 1. The lowest BCUT2D eigenvalue weighted by molar-refractivity contribution is 0.720. The second-order valence-electron chi connectivity index (χ2n) is 1.79. The zero-order valence-electron chi connectivity index (χ0n) is 5.45. The van der Waals surface area contributed by atoms with Crippen molar-refractivity contribution in [1.29, 1.82) is 0 Å². The first-order valence-electron chi connectivity index (χ1n) is 2.82. The van der Waals surface area contributed by atoms with Gasteiger partial charge in [0.15, 0.2) is 0 Å². The summed E-state index contributed by atoms with van der Waals surface area (Å²) in [6, 6.07) is 1.13. The van der Waals surface area contributed by atoms with Crippen LogP contribution in [-0.4, -0.2) is 9.55 Å². The number of aromatic nitrogens is 2. The average molecular weight is 156 g/mol. The first-order chi connectivity index (χ1) is 5.24. The minimum absolute atomic E-state index is 0.208. The van der Waals surface area contributed by atoms with E-state index < -0.39 is 11.2 Å². The van der Waals surface area contributed by atoms with Gasteiger partial charge < -0.3 is 0 Å². The summed E-state index contributed by atoms with van der Waals surface area (Å²) in [6.07, 6.45) is 2.29. The Morgan fingerprint density at radius 1 is 1.55 bits per heavy atom. The van der Waals surface area contributed by atoms with Crippen molar-refractivity contribution in [2.24, 2.45) is 0 Å². The van der Waals surface area contributed by atoms with E-state index in [-0.39, 0.29) is 6.33 Å². The van der Waals surface area contributed by atoms with Crippen molar-refractivity contribution < 1.29 is 4.39 Å². The van der Waals surface area contributed by atoms with Crippen LogP contribution in [0.2, 0.25) is 0 Å². The molecule has 0 unspecified atom stereocenters. The van der Waals surface area contributed by atoms with Crippen molar-refractivity contribution in [1.82, 2.24) is 9.55 Å². The normalized spacial score (nSPS) is 10.6. The van der Waals surface area contributed by atoms with E-state index in [1.165, 1.54) is 6.20 Å².